The van der Waals surface area contributed by atoms with E-state index in [4.69, 9.17) is 0 Å². The largest absolute Gasteiger partial charge is 0.354 e. The second-order valence-corrected chi connectivity index (χ2v) is 7.15. The fraction of sp³-hybridized carbons (Fsp3) is 0. The number of benzene rings is 5. The summed E-state index contributed by atoms with van der Waals surface area (Å²) in [5.74, 6) is 0. The van der Waals surface area contributed by atoms with E-state index in [2.05, 4.69) is 127 Å². The predicted octanol–water partition coefficient (Wildman–Crippen LogP) is 7.92. The van der Waals surface area contributed by atoms with Gasteiger partial charge < -0.3 is 5.32 Å². The number of para-hydroxylation sites is 1. The molecule has 0 unspecified atom stereocenters. The Hall–Kier alpha value is -3.84. The quantitative estimate of drug-likeness (QED) is 0.338. The van der Waals surface area contributed by atoms with Gasteiger partial charge in [0.1, 0.15) is 0 Å². The Morgan fingerprint density at radius 3 is 1.59 bits per heavy atom. The molecule has 5 rings (SSSR count). The molecule has 0 saturated heterocycles. The molecule has 1 N–H and O–H groups in total. The summed E-state index contributed by atoms with van der Waals surface area (Å²) in [4.78, 5) is 0. The lowest BCUT2D eigenvalue weighted by molar-refractivity contribution is 1.53. The number of anilines is 2. The standard InChI is InChI=1S/C28H21N/c1-3-11-21(12-4-1)25-17-9-10-18-27(25)29-28-20-24-16-8-7-15-23(24)19-26(28)22-13-5-2-6-14-22/h1-20,29H. The van der Waals surface area contributed by atoms with Gasteiger partial charge in [-0.2, -0.15) is 0 Å². The summed E-state index contributed by atoms with van der Waals surface area (Å²) in [6.45, 7) is 0. The minimum absolute atomic E-state index is 1.10. The van der Waals surface area contributed by atoms with Gasteiger partial charge in [-0.1, -0.05) is 103 Å². The molecule has 5 aromatic carbocycles. The molecule has 0 bridgehead atoms. The molecule has 1 nitrogen and oxygen atoms in total. The normalized spacial score (nSPS) is 10.8. The second kappa shape index (κ2) is 7.65. The van der Waals surface area contributed by atoms with Crippen LogP contribution in [-0.4, -0.2) is 0 Å². The summed E-state index contributed by atoms with van der Waals surface area (Å²) in [7, 11) is 0. The van der Waals surface area contributed by atoms with Gasteiger partial charge in [-0.15, -0.1) is 0 Å². The molecule has 5 aromatic rings. The Kier molecular flexibility index (Phi) is 4.56. The number of fused-ring (bicyclic) bond motifs is 1. The van der Waals surface area contributed by atoms with Crippen LogP contribution >= 0.6 is 0 Å². The molecular formula is C28H21N. The van der Waals surface area contributed by atoms with Crippen molar-refractivity contribution in [2.75, 3.05) is 5.32 Å². The minimum atomic E-state index is 1.10. The Balaban J connectivity index is 1.67. The van der Waals surface area contributed by atoms with E-state index >= 15 is 0 Å². The van der Waals surface area contributed by atoms with E-state index in [1.807, 2.05) is 0 Å². The zero-order valence-corrected chi connectivity index (χ0v) is 16.0. The molecule has 0 amide bonds. The smallest absolute Gasteiger partial charge is 0.0470 e. The lowest BCUT2D eigenvalue weighted by atomic mass is 9.98. The summed E-state index contributed by atoms with van der Waals surface area (Å²) >= 11 is 0. The van der Waals surface area contributed by atoms with Crippen molar-refractivity contribution >= 4 is 22.1 Å². The average molecular weight is 371 g/mol. The van der Waals surface area contributed by atoms with Gasteiger partial charge >= 0.3 is 0 Å². The summed E-state index contributed by atoms with van der Waals surface area (Å²) in [5.41, 5.74) is 7.02. The molecule has 0 heterocycles. The van der Waals surface area contributed by atoms with Gasteiger partial charge in [0.25, 0.3) is 0 Å². The molecular weight excluding hydrogens is 350 g/mol. The Morgan fingerprint density at radius 2 is 0.897 bits per heavy atom. The highest BCUT2D eigenvalue weighted by Crippen LogP contribution is 2.37. The van der Waals surface area contributed by atoms with Crippen LogP contribution in [0, 0.1) is 0 Å². The van der Waals surface area contributed by atoms with Gasteiger partial charge in [0.05, 0.1) is 0 Å². The third-order valence-corrected chi connectivity index (χ3v) is 5.25. The van der Waals surface area contributed by atoms with E-state index in [0.29, 0.717) is 0 Å². The van der Waals surface area contributed by atoms with Crippen molar-refractivity contribution in [2.45, 2.75) is 0 Å². The SMILES string of the molecule is c1ccc(-c2ccccc2Nc2cc3ccccc3cc2-c2ccccc2)cc1. The number of rotatable bonds is 4. The Labute approximate surface area is 171 Å². The maximum atomic E-state index is 3.73. The second-order valence-electron chi connectivity index (χ2n) is 7.15. The molecule has 29 heavy (non-hydrogen) atoms. The molecule has 1 heteroatoms. The first-order valence-electron chi connectivity index (χ1n) is 9.88. The van der Waals surface area contributed by atoms with E-state index < -0.39 is 0 Å². The van der Waals surface area contributed by atoms with E-state index in [9.17, 15) is 0 Å². The average Bonchev–Trinajstić information content (AvgIpc) is 2.80. The van der Waals surface area contributed by atoms with Crippen LogP contribution in [0.25, 0.3) is 33.0 Å². The first-order valence-corrected chi connectivity index (χ1v) is 9.88. The van der Waals surface area contributed by atoms with Crippen molar-refractivity contribution < 1.29 is 0 Å². The van der Waals surface area contributed by atoms with E-state index in [1.54, 1.807) is 0 Å². The third kappa shape index (κ3) is 3.51. The van der Waals surface area contributed by atoms with E-state index in [1.165, 1.54) is 33.0 Å². The minimum Gasteiger partial charge on any atom is -0.354 e. The van der Waals surface area contributed by atoms with Crippen molar-refractivity contribution in [3.8, 4) is 22.3 Å². The van der Waals surface area contributed by atoms with E-state index in [0.717, 1.165) is 11.4 Å². The van der Waals surface area contributed by atoms with Crippen molar-refractivity contribution in [3.63, 3.8) is 0 Å². The zero-order valence-electron chi connectivity index (χ0n) is 16.0. The Morgan fingerprint density at radius 1 is 0.379 bits per heavy atom. The van der Waals surface area contributed by atoms with Crippen molar-refractivity contribution in [1.82, 2.24) is 0 Å². The molecule has 0 fully saturated rings. The predicted molar refractivity (Wildman–Crippen MR) is 125 cm³/mol. The molecule has 0 saturated carbocycles. The van der Waals surface area contributed by atoms with E-state index in [-0.39, 0.29) is 0 Å². The monoisotopic (exact) mass is 371 g/mol. The summed E-state index contributed by atoms with van der Waals surface area (Å²) in [5, 5.41) is 6.20. The van der Waals surface area contributed by atoms with Crippen LogP contribution in [0.2, 0.25) is 0 Å². The highest BCUT2D eigenvalue weighted by molar-refractivity contribution is 5.96. The topological polar surface area (TPSA) is 12.0 Å². The van der Waals surface area contributed by atoms with Gasteiger partial charge in [0.2, 0.25) is 0 Å². The van der Waals surface area contributed by atoms with Crippen molar-refractivity contribution in [3.05, 3.63) is 121 Å². The fourth-order valence-corrected chi connectivity index (χ4v) is 3.81. The third-order valence-electron chi connectivity index (χ3n) is 5.25. The van der Waals surface area contributed by atoms with Crippen LogP contribution in [-0.2, 0) is 0 Å². The summed E-state index contributed by atoms with van der Waals surface area (Å²) < 4.78 is 0. The maximum Gasteiger partial charge on any atom is 0.0470 e. The maximum absolute atomic E-state index is 3.73. The van der Waals surface area contributed by atoms with Gasteiger partial charge in [-0.3, -0.25) is 0 Å². The first kappa shape index (κ1) is 17.3. The lowest BCUT2D eigenvalue weighted by Gasteiger charge is -2.17. The summed E-state index contributed by atoms with van der Waals surface area (Å²) in [6.07, 6.45) is 0. The number of nitrogens with one attached hydrogen (secondary N) is 1. The molecule has 138 valence electrons. The van der Waals surface area contributed by atoms with Crippen molar-refractivity contribution in [2.24, 2.45) is 0 Å². The van der Waals surface area contributed by atoms with Crippen LogP contribution in [0.1, 0.15) is 0 Å². The van der Waals surface area contributed by atoms with Crippen molar-refractivity contribution in [1.29, 1.82) is 0 Å². The van der Waals surface area contributed by atoms with Gasteiger partial charge in [0, 0.05) is 22.5 Å². The molecule has 0 spiro atoms. The molecule has 0 aliphatic heterocycles. The molecule has 0 aromatic heterocycles. The van der Waals surface area contributed by atoms with Crippen LogP contribution in [0.5, 0.6) is 0 Å². The van der Waals surface area contributed by atoms with Crippen LogP contribution in [0.15, 0.2) is 121 Å². The molecule has 0 radical (unpaired) electrons. The van der Waals surface area contributed by atoms with Gasteiger partial charge in [-0.05, 0) is 40.1 Å². The van der Waals surface area contributed by atoms with Gasteiger partial charge in [-0.25, -0.2) is 0 Å². The number of hydrogen-bond donors (Lipinski definition) is 1. The Bertz CT molecular complexity index is 1260. The van der Waals surface area contributed by atoms with Crippen LogP contribution in [0.4, 0.5) is 11.4 Å². The molecule has 0 aliphatic carbocycles. The summed E-state index contributed by atoms with van der Waals surface area (Å²) in [6, 6.07) is 42.6. The highest BCUT2D eigenvalue weighted by Gasteiger charge is 2.10. The highest BCUT2D eigenvalue weighted by atomic mass is 14.9. The van der Waals surface area contributed by atoms with Gasteiger partial charge in [0.15, 0.2) is 0 Å². The lowest BCUT2D eigenvalue weighted by Crippen LogP contribution is -1.96. The number of hydrogen-bond acceptors (Lipinski definition) is 1. The van der Waals surface area contributed by atoms with Crippen LogP contribution in [0.3, 0.4) is 0 Å². The zero-order chi connectivity index (χ0) is 19.5. The van der Waals surface area contributed by atoms with Crippen LogP contribution < -0.4 is 5.32 Å². The fourth-order valence-electron chi connectivity index (χ4n) is 3.81. The molecule has 0 aliphatic rings. The molecule has 0 atom stereocenters. The first-order chi connectivity index (χ1) is 14.4.